The highest BCUT2D eigenvalue weighted by molar-refractivity contribution is 5.89. The molecule has 7 nitrogen and oxygen atoms in total. The van der Waals surface area contributed by atoms with Crippen LogP contribution < -0.4 is 10.6 Å². The van der Waals surface area contributed by atoms with Gasteiger partial charge in [-0.25, -0.2) is 9.37 Å². The van der Waals surface area contributed by atoms with E-state index in [1.54, 1.807) is 18.3 Å². The van der Waals surface area contributed by atoms with Gasteiger partial charge in [-0.15, -0.1) is 0 Å². The van der Waals surface area contributed by atoms with Crippen LogP contribution >= 0.6 is 0 Å². The Hall–Kier alpha value is -3.10. The maximum absolute atomic E-state index is 13.5. The van der Waals surface area contributed by atoms with Gasteiger partial charge < -0.3 is 10.6 Å². The SMILES string of the molecule is CNCCN1CCn2nc(-c3ccc(F)cc3)c(-c3ccnc(NC(C)=O)c3)c2C1. The number of nitrogens with one attached hydrogen (secondary N) is 2. The second-order valence-electron chi connectivity index (χ2n) is 7.39. The van der Waals surface area contributed by atoms with Gasteiger partial charge in [0.25, 0.3) is 0 Å². The van der Waals surface area contributed by atoms with Crippen molar-refractivity contribution in [3.63, 3.8) is 0 Å². The first-order valence-electron chi connectivity index (χ1n) is 10.0. The van der Waals surface area contributed by atoms with Gasteiger partial charge >= 0.3 is 0 Å². The molecule has 3 aromatic rings. The highest BCUT2D eigenvalue weighted by Gasteiger charge is 2.26. The van der Waals surface area contributed by atoms with E-state index < -0.39 is 0 Å². The summed E-state index contributed by atoms with van der Waals surface area (Å²) in [6.45, 7) is 5.79. The number of benzene rings is 1. The van der Waals surface area contributed by atoms with Crippen LogP contribution in [-0.2, 0) is 17.9 Å². The lowest BCUT2D eigenvalue weighted by molar-refractivity contribution is -0.114. The maximum atomic E-state index is 13.5. The zero-order chi connectivity index (χ0) is 21.1. The Morgan fingerprint density at radius 2 is 1.97 bits per heavy atom. The topological polar surface area (TPSA) is 75.1 Å². The molecule has 8 heteroatoms. The third kappa shape index (κ3) is 4.24. The number of fused-ring (bicyclic) bond motifs is 1. The number of halogens is 1. The Morgan fingerprint density at radius 3 is 2.70 bits per heavy atom. The molecule has 0 fully saturated rings. The lowest BCUT2D eigenvalue weighted by Crippen LogP contribution is -2.37. The number of aromatic nitrogens is 3. The predicted octanol–water partition coefficient (Wildman–Crippen LogP) is 2.74. The first-order valence-corrected chi connectivity index (χ1v) is 10.0. The summed E-state index contributed by atoms with van der Waals surface area (Å²) < 4.78 is 15.6. The fourth-order valence-corrected chi connectivity index (χ4v) is 3.78. The number of hydrogen-bond donors (Lipinski definition) is 2. The Kier molecular flexibility index (Phi) is 5.87. The summed E-state index contributed by atoms with van der Waals surface area (Å²) in [7, 11) is 1.95. The van der Waals surface area contributed by atoms with Gasteiger partial charge in [0.05, 0.1) is 12.2 Å². The number of likely N-dealkylation sites (N-methyl/N-ethyl adjacent to an activating group) is 1. The van der Waals surface area contributed by atoms with Crippen LogP contribution in [-0.4, -0.2) is 52.3 Å². The molecule has 4 rings (SSSR count). The van der Waals surface area contributed by atoms with Gasteiger partial charge in [0.2, 0.25) is 5.91 Å². The highest BCUT2D eigenvalue weighted by atomic mass is 19.1. The molecule has 0 atom stereocenters. The molecule has 1 amide bonds. The third-order valence-corrected chi connectivity index (χ3v) is 5.21. The molecule has 1 aliphatic heterocycles. The van der Waals surface area contributed by atoms with Crippen LogP contribution in [0.3, 0.4) is 0 Å². The van der Waals surface area contributed by atoms with Crippen molar-refractivity contribution >= 4 is 11.7 Å². The molecule has 2 N–H and O–H groups in total. The summed E-state index contributed by atoms with van der Waals surface area (Å²) in [5.74, 6) is 0.0425. The van der Waals surface area contributed by atoms with E-state index in [9.17, 15) is 9.18 Å². The van der Waals surface area contributed by atoms with Crippen LogP contribution in [0.25, 0.3) is 22.4 Å². The van der Waals surface area contributed by atoms with Gasteiger partial charge in [-0.2, -0.15) is 5.10 Å². The smallest absolute Gasteiger partial charge is 0.222 e. The molecular weight excluding hydrogens is 383 g/mol. The van der Waals surface area contributed by atoms with E-state index in [1.807, 2.05) is 23.9 Å². The van der Waals surface area contributed by atoms with Crippen molar-refractivity contribution in [3.05, 3.63) is 54.1 Å². The third-order valence-electron chi connectivity index (χ3n) is 5.21. The molecule has 3 heterocycles. The minimum Gasteiger partial charge on any atom is -0.318 e. The molecule has 1 aromatic carbocycles. The van der Waals surface area contributed by atoms with Crippen LogP contribution in [0.2, 0.25) is 0 Å². The minimum absolute atomic E-state index is 0.173. The number of anilines is 1. The number of nitrogens with zero attached hydrogens (tertiary/aromatic N) is 4. The normalized spacial score (nSPS) is 13.8. The molecular formula is C22H25FN6O. The Morgan fingerprint density at radius 1 is 1.17 bits per heavy atom. The van der Waals surface area contributed by atoms with Crippen LogP contribution in [0.1, 0.15) is 12.6 Å². The first-order chi connectivity index (χ1) is 14.5. The second kappa shape index (κ2) is 8.73. The van der Waals surface area contributed by atoms with Crippen molar-refractivity contribution in [1.29, 1.82) is 0 Å². The largest absolute Gasteiger partial charge is 0.318 e. The molecule has 0 spiro atoms. The zero-order valence-corrected chi connectivity index (χ0v) is 17.2. The monoisotopic (exact) mass is 408 g/mol. The van der Waals surface area contributed by atoms with Crippen LogP contribution in [0, 0.1) is 5.82 Å². The summed E-state index contributed by atoms with van der Waals surface area (Å²) in [6.07, 6.45) is 1.68. The van der Waals surface area contributed by atoms with Gasteiger partial charge in [-0.1, -0.05) is 0 Å². The lowest BCUT2D eigenvalue weighted by atomic mass is 9.98. The molecule has 0 saturated carbocycles. The highest BCUT2D eigenvalue weighted by Crippen LogP contribution is 2.37. The first kappa shape index (κ1) is 20.2. The molecule has 0 unspecified atom stereocenters. The van der Waals surface area contributed by atoms with Crippen molar-refractivity contribution in [2.75, 3.05) is 32.0 Å². The Bertz CT molecular complexity index is 1050. The van der Waals surface area contributed by atoms with Crippen molar-refractivity contribution in [3.8, 4) is 22.4 Å². The summed E-state index contributed by atoms with van der Waals surface area (Å²) in [6, 6.07) is 10.2. The predicted molar refractivity (Wildman–Crippen MR) is 114 cm³/mol. The number of rotatable bonds is 6. The van der Waals surface area contributed by atoms with E-state index >= 15 is 0 Å². The van der Waals surface area contributed by atoms with Crippen molar-refractivity contribution in [2.45, 2.75) is 20.0 Å². The van der Waals surface area contributed by atoms with E-state index in [1.165, 1.54) is 19.1 Å². The van der Waals surface area contributed by atoms with Crippen LogP contribution in [0.15, 0.2) is 42.6 Å². The number of pyridine rings is 1. The summed E-state index contributed by atoms with van der Waals surface area (Å²) in [5, 5.41) is 10.8. The Balaban J connectivity index is 1.81. The zero-order valence-electron chi connectivity index (χ0n) is 17.2. The van der Waals surface area contributed by atoms with E-state index in [0.717, 1.165) is 60.8 Å². The summed E-state index contributed by atoms with van der Waals surface area (Å²) in [4.78, 5) is 18.1. The molecule has 0 saturated heterocycles. The summed E-state index contributed by atoms with van der Waals surface area (Å²) in [5.41, 5.74) is 4.68. The van der Waals surface area contributed by atoms with Gasteiger partial charge in [-0.05, 0) is 49.0 Å². The molecule has 2 aromatic heterocycles. The van der Waals surface area contributed by atoms with Gasteiger partial charge in [0.15, 0.2) is 0 Å². The Labute approximate surface area is 174 Å². The van der Waals surface area contributed by atoms with Crippen molar-refractivity contribution < 1.29 is 9.18 Å². The van der Waals surface area contributed by atoms with Crippen molar-refractivity contribution in [1.82, 2.24) is 25.0 Å². The van der Waals surface area contributed by atoms with E-state index in [-0.39, 0.29) is 11.7 Å². The number of carbonyl (C=O) groups excluding carboxylic acids is 1. The van der Waals surface area contributed by atoms with E-state index in [0.29, 0.717) is 5.82 Å². The minimum atomic E-state index is -0.278. The molecule has 30 heavy (non-hydrogen) atoms. The fourth-order valence-electron chi connectivity index (χ4n) is 3.78. The lowest BCUT2D eigenvalue weighted by Gasteiger charge is -2.28. The maximum Gasteiger partial charge on any atom is 0.222 e. The molecule has 0 aliphatic carbocycles. The molecule has 0 radical (unpaired) electrons. The van der Waals surface area contributed by atoms with Gasteiger partial charge in [0, 0.05) is 50.4 Å². The molecule has 156 valence electrons. The fraction of sp³-hybridized carbons (Fsp3) is 0.318. The average Bonchev–Trinajstić information content (AvgIpc) is 3.11. The average molecular weight is 408 g/mol. The van der Waals surface area contributed by atoms with E-state index in [2.05, 4.69) is 20.5 Å². The van der Waals surface area contributed by atoms with Gasteiger partial charge in [0.1, 0.15) is 17.3 Å². The van der Waals surface area contributed by atoms with Crippen LogP contribution in [0.4, 0.5) is 10.2 Å². The van der Waals surface area contributed by atoms with Gasteiger partial charge in [-0.3, -0.25) is 14.4 Å². The number of amides is 1. The second-order valence-corrected chi connectivity index (χ2v) is 7.39. The molecule has 0 bridgehead atoms. The number of carbonyl (C=O) groups is 1. The van der Waals surface area contributed by atoms with E-state index in [4.69, 9.17) is 5.10 Å². The molecule has 1 aliphatic rings. The van der Waals surface area contributed by atoms with Crippen molar-refractivity contribution in [2.24, 2.45) is 0 Å². The number of hydrogen-bond acceptors (Lipinski definition) is 5. The standard InChI is InChI=1S/C22H25FN6O/c1-15(30)26-20-13-17(7-8-25-20)21-19-14-28(10-9-24-2)11-12-29(19)27-22(21)16-3-5-18(23)6-4-16/h3-8,13,24H,9-12,14H2,1-2H3,(H,25,26,30). The summed E-state index contributed by atoms with van der Waals surface area (Å²) >= 11 is 0. The van der Waals surface area contributed by atoms with Crippen LogP contribution in [0.5, 0.6) is 0 Å². The quantitative estimate of drug-likeness (QED) is 0.656.